The Balaban J connectivity index is 2.82. The second-order valence-electron chi connectivity index (χ2n) is 8.98. The fourth-order valence-electron chi connectivity index (χ4n) is 3.00. The molecule has 1 aliphatic heterocycles. The van der Waals surface area contributed by atoms with Crippen molar-refractivity contribution in [1.82, 2.24) is 0 Å². The Labute approximate surface area is 317 Å². The van der Waals surface area contributed by atoms with Gasteiger partial charge in [0.25, 0.3) is 0 Å². The van der Waals surface area contributed by atoms with Gasteiger partial charge in [-0.05, 0) is 199 Å². The molecule has 9 heteroatoms. The van der Waals surface area contributed by atoms with Crippen LogP contribution in [0.3, 0.4) is 0 Å². The summed E-state index contributed by atoms with van der Waals surface area (Å²) in [5.41, 5.74) is 0. The minimum atomic E-state index is -4.16. The fraction of sp³-hybridized carbons (Fsp3) is 0.244. The molecule has 0 radical (unpaired) electrons. The Morgan fingerprint density at radius 2 is 0.981 bits per heavy atom. The molecule has 1 aliphatic rings. The van der Waals surface area contributed by atoms with Crippen molar-refractivity contribution in [2.75, 3.05) is 26.0 Å². The Hall–Kier alpha value is -7.99. The van der Waals surface area contributed by atoms with Crippen molar-refractivity contribution in [1.29, 1.82) is 0 Å². The van der Waals surface area contributed by atoms with E-state index in [0.29, 0.717) is 13.0 Å². The lowest BCUT2D eigenvalue weighted by molar-refractivity contribution is -0.153. The first-order valence-electron chi connectivity index (χ1n) is 15.2. The van der Waals surface area contributed by atoms with Gasteiger partial charge in [-0.15, -0.1) is 0 Å². The molecule has 0 bridgehead atoms. The maximum absolute atomic E-state index is 12.6. The van der Waals surface area contributed by atoms with Crippen LogP contribution in [0.25, 0.3) is 0 Å². The molecule has 0 aromatic carbocycles. The first-order valence-corrected chi connectivity index (χ1v) is 16.9. The third kappa shape index (κ3) is 27.9. The van der Waals surface area contributed by atoms with Crippen molar-refractivity contribution in [3.63, 3.8) is 0 Å². The molecule has 0 aromatic heterocycles. The maximum atomic E-state index is 12.6. The van der Waals surface area contributed by atoms with E-state index in [1.807, 2.05) is 0 Å². The number of hydrogen-bond acceptors (Lipinski definition) is 7. The highest BCUT2D eigenvalue weighted by atomic mass is 31.2. The molecule has 0 aliphatic carbocycles. The van der Waals surface area contributed by atoms with E-state index in [-0.39, 0.29) is 6.16 Å². The van der Waals surface area contributed by atoms with Crippen LogP contribution in [0.15, 0.2) is 0 Å². The van der Waals surface area contributed by atoms with Gasteiger partial charge >= 0.3 is 19.5 Å². The van der Waals surface area contributed by atoms with Crippen LogP contribution < -0.4 is 0 Å². The molecule has 0 amide bonds. The molecule has 1 heterocycles. The number of carbonyl (C=O) groups excluding carboxylic acids is 2. The van der Waals surface area contributed by atoms with Crippen molar-refractivity contribution in [2.24, 2.45) is 0 Å². The first kappa shape index (κ1) is 44.0. The second-order valence-corrected chi connectivity index (χ2v) is 10.9. The zero-order valence-corrected chi connectivity index (χ0v) is 29.8. The highest BCUT2D eigenvalue weighted by Crippen LogP contribution is 2.44. The van der Waals surface area contributed by atoms with E-state index in [0.717, 1.165) is 12.8 Å². The minimum Gasteiger partial charge on any atom is -0.452 e. The van der Waals surface area contributed by atoms with Crippen molar-refractivity contribution in [2.45, 2.75) is 45.3 Å². The summed E-state index contributed by atoms with van der Waals surface area (Å²) in [6, 6.07) is 0. The third-order valence-electron chi connectivity index (χ3n) is 5.05. The Bertz CT molecular complexity index is 2540. The van der Waals surface area contributed by atoms with E-state index in [1.54, 1.807) is 13.8 Å². The van der Waals surface area contributed by atoms with Crippen molar-refractivity contribution >= 4 is 19.5 Å². The summed E-state index contributed by atoms with van der Waals surface area (Å²) in [6.45, 7) is 2.61. The molecule has 0 saturated carbocycles. The summed E-state index contributed by atoms with van der Waals surface area (Å²) >= 11 is 0. The van der Waals surface area contributed by atoms with Gasteiger partial charge in [0.2, 0.25) is 0 Å². The second kappa shape index (κ2) is 31.0. The summed E-state index contributed by atoms with van der Waals surface area (Å²) in [5, 5.41) is 0. The topological polar surface area (TPSA) is 108 Å². The largest absolute Gasteiger partial charge is 0.452 e. The van der Waals surface area contributed by atoms with E-state index < -0.39 is 45.0 Å². The molecular formula is C45H23O8P. The number of rotatable bonds is 8. The third-order valence-corrected chi connectivity index (χ3v) is 6.47. The highest BCUT2D eigenvalue weighted by Gasteiger charge is 2.29. The number of esters is 2. The van der Waals surface area contributed by atoms with Crippen LogP contribution in [0.4, 0.5) is 0 Å². The lowest BCUT2D eigenvalue weighted by Crippen LogP contribution is -2.30. The van der Waals surface area contributed by atoms with Crippen LogP contribution in [-0.4, -0.2) is 55.0 Å². The zero-order valence-electron chi connectivity index (χ0n) is 28.9. The van der Waals surface area contributed by atoms with Gasteiger partial charge in [-0.1, -0.05) is 11.8 Å². The quantitative estimate of drug-likeness (QED) is 0.173. The smallest absolute Gasteiger partial charge is 0.385 e. The van der Waals surface area contributed by atoms with Gasteiger partial charge < -0.3 is 23.6 Å². The van der Waals surface area contributed by atoms with Crippen molar-refractivity contribution in [3.8, 4) is 189 Å². The van der Waals surface area contributed by atoms with E-state index in [2.05, 4.69) is 189 Å². The number of ether oxygens (including phenoxy) is 3. The van der Waals surface area contributed by atoms with Crippen LogP contribution in [0, 0.1) is 189 Å². The molecule has 8 nitrogen and oxygen atoms in total. The predicted molar refractivity (Wildman–Crippen MR) is 201 cm³/mol. The van der Waals surface area contributed by atoms with Gasteiger partial charge in [0.05, 0.1) is 18.9 Å². The summed E-state index contributed by atoms with van der Waals surface area (Å²) in [4.78, 5) is 34.7. The predicted octanol–water partition coefficient (Wildman–Crippen LogP) is 1.31. The summed E-state index contributed by atoms with van der Waals surface area (Å²) < 4.78 is 33.5. The van der Waals surface area contributed by atoms with Crippen LogP contribution in [0.5, 0.6) is 0 Å². The standard InChI is InChI=1S/C45H23O8P/c1-3-5-7-9-11-13-15-17-19-21-23-25-27-29-31-36-44(46)51-39-43(40-52-54(48,49)41-42-35-33-34-38-50-42)53-45(47)37-32-30-28-26-24-22-20-18-16-14-12-10-8-6-4-2/h42-43H,33-35,38-41H2,1-2H3,(H,48,49). The Morgan fingerprint density at radius 3 is 1.37 bits per heavy atom. The van der Waals surface area contributed by atoms with Gasteiger partial charge in [0.1, 0.15) is 6.61 Å². The minimum absolute atomic E-state index is 0.259. The van der Waals surface area contributed by atoms with Gasteiger partial charge in [0.15, 0.2) is 6.10 Å². The first-order chi connectivity index (χ1) is 26.4. The Morgan fingerprint density at radius 1 is 0.593 bits per heavy atom. The van der Waals surface area contributed by atoms with E-state index >= 15 is 0 Å². The van der Waals surface area contributed by atoms with E-state index in [1.165, 1.54) is 0 Å². The number of hydrogen-bond donors (Lipinski definition) is 1. The molecule has 0 spiro atoms. The summed E-state index contributed by atoms with van der Waals surface area (Å²) in [5.74, 6) is 75.4. The van der Waals surface area contributed by atoms with E-state index in [9.17, 15) is 19.0 Å². The van der Waals surface area contributed by atoms with Crippen LogP contribution in [-0.2, 0) is 32.9 Å². The molecule has 1 saturated heterocycles. The maximum Gasteiger partial charge on any atom is 0.385 e. The van der Waals surface area contributed by atoms with Gasteiger partial charge in [0, 0.05) is 18.4 Å². The molecule has 3 unspecified atom stereocenters. The molecule has 54 heavy (non-hydrogen) atoms. The van der Waals surface area contributed by atoms with Crippen LogP contribution in [0.2, 0.25) is 0 Å². The van der Waals surface area contributed by atoms with E-state index in [4.69, 9.17) is 18.7 Å². The van der Waals surface area contributed by atoms with Gasteiger partial charge in [-0.3, -0.25) is 4.57 Å². The van der Waals surface area contributed by atoms with Crippen molar-refractivity contribution in [3.05, 3.63) is 0 Å². The molecule has 1 N–H and O–H groups in total. The fourth-order valence-corrected chi connectivity index (χ4v) is 4.31. The van der Waals surface area contributed by atoms with Crippen LogP contribution in [0.1, 0.15) is 33.1 Å². The van der Waals surface area contributed by atoms with Crippen molar-refractivity contribution < 1.29 is 37.8 Å². The zero-order chi connectivity index (χ0) is 39.2. The summed E-state index contributed by atoms with van der Waals surface area (Å²) in [7, 11) is -4.16. The average molecular weight is 723 g/mol. The average Bonchev–Trinajstić information content (AvgIpc) is 3.16. The molecule has 256 valence electrons. The van der Waals surface area contributed by atoms with Gasteiger partial charge in [-0.2, -0.15) is 0 Å². The Kier molecular flexibility index (Phi) is 25.3. The molecule has 1 fully saturated rings. The lowest BCUT2D eigenvalue weighted by atomic mass is 10.1. The molecule has 3 atom stereocenters. The SMILES string of the molecule is CC#CC#CC#CC#CC#CC#CC#CC#CC(=O)OCC(COP(=O)(O)CC1CCCCO1)OC(=O)C#CC#CC#CC#CC#CC#CC#CC#CC. The van der Waals surface area contributed by atoms with Gasteiger partial charge in [-0.25, -0.2) is 9.59 Å². The normalized spacial score (nSPS) is 11.5. The molecule has 1 rings (SSSR count). The lowest BCUT2D eigenvalue weighted by Gasteiger charge is -2.25. The summed E-state index contributed by atoms with van der Waals surface area (Å²) in [6.07, 6.45) is 0.267. The molecular weight excluding hydrogens is 699 g/mol. The monoisotopic (exact) mass is 722 g/mol. The molecule has 0 aromatic rings. The number of carbonyl (C=O) groups is 2. The van der Waals surface area contributed by atoms with Crippen LogP contribution >= 0.6 is 7.60 Å². The highest BCUT2D eigenvalue weighted by molar-refractivity contribution is 7.52.